The maximum Gasteiger partial charge on any atom is 0.0634 e. The van der Waals surface area contributed by atoms with Gasteiger partial charge in [-0.05, 0) is 23.7 Å². The summed E-state index contributed by atoms with van der Waals surface area (Å²) in [5.74, 6) is 0. The van der Waals surface area contributed by atoms with Gasteiger partial charge in [0.2, 0.25) is 0 Å². The Labute approximate surface area is 112 Å². The Kier molecular flexibility index (Phi) is 6.39. The van der Waals surface area contributed by atoms with E-state index in [-0.39, 0.29) is 10.8 Å². The summed E-state index contributed by atoms with van der Waals surface area (Å²) in [5, 5.41) is -0.607. The van der Waals surface area contributed by atoms with Crippen LogP contribution in [-0.2, 0) is 0 Å². The largest absolute Gasteiger partial charge is 0.0892 e. The van der Waals surface area contributed by atoms with Gasteiger partial charge >= 0.3 is 0 Å². The predicted octanol–water partition coefficient (Wildman–Crippen LogP) is 4.87. The summed E-state index contributed by atoms with van der Waals surface area (Å²) in [7, 11) is 13.1. The van der Waals surface area contributed by atoms with E-state index in [1.807, 2.05) is 0 Å². The summed E-state index contributed by atoms with van der Waals surface area (Å²) in [4.78, 5) is 0. The van der Waals surface area contributed by atoms with Crippen molar-refractivity contribution in [1.82, 2.24) is 0 Å². The molecule has 0 rings (SSSR count). The molecule has 0 saturated heterocycles. The molecule has 17 heavy (non-hydrogen) atoms. The Bertz CT molecular complexity index is 205. The highest BCUT2D eigenvalue weighted by Crippen LogP contribution is 2.57. The van der Waals surface area contributed by atoms with Crippen LogP contribution in [0, 0.1) is 10.8 Å². The van der Waals surface area contributed by atoms with Crippen molar-refractivity contribution < 1.29 is 0 Å². The molecule has 2 heteroatoms. The number of hydrogen-bond acceptors (Lipinski definition) is 0. The monoisotopic (exact) mass is 232 g/mol. The van der Waals surface area contributed by atoms with E-state index in [4.69, 9.17) is 15.7 Å². The molecule has 0 unspecified atom stereocenters. The Morgan fingerprint density at radius 2 is 1.12 bits per heavy atom. The van der Waals surface area contributed by atoms with Crippen molar-refractivity contribution in [2.75, 3.05) is 0 Å². The van der Waals surface area contributed by atoms with E-state index in [0.29, 0.717) is 0 Å². The molecule has 0 amide bonds. The van der Waals surface area contributed by atoms with Gasteiger partial charge in [-0.25, -0.2) is 0 Å². The first-order chi connectivity index (χ1) is 7.62. The minimum absolute atomic E-state index is 0.0390. The van der Waals surface area contributed by atoms with Gasteiger partial charge in [-0.3, -0.25) is 0 Å². The van der Waals surface area contributed by atoms with Crippen LogP contribution in [-0.4, -0.2) is 15.7 Å². The zero-order chi connectivity index (χ0) is 13.7. The minimum atomic E-state index is -0.607. The molecule has 0 atom stereocenters. The Hall–Kier alpha value is 0.130. The van der Waals surface area contributed by atoms with Crippen molar-refractivity contribution in [3.63, 3.8) is 0 Å². The predicted molar refractivity (Wildman–Crippen MR) is 80.8 cm³/mol. The third-order valence-corrected chi connectivity index (χ3v) is 4.40. The average Bonchev–Trinajstić information content (AvgIpc) is 2.21. The van der Waals surface area contributed by atoms with E-state index in [2.05, 4.69) is 41.5 Å². The first-order valence-corrected chi connectivity index (χ1v) is 7.20. The average molecular weight is 232 g/mol. The maximum absolute atomic E-state index is 6.53. The normalized spacial score (nSPS) is 14.0. The second kappa shape index (κ2) is 6.34. The maximum atomic E-state index is 6.53. The fourth-order valence-electron chi connectivity index (χ4n) is 2.58. The van der Waals surface area contributed by atoms with Crippen molar-refractivity contribution in [2.24, 2.45) is 10.8 Å². The van der Waals surface area contributed by atoms with Gasteiger partial charge in [0.05, 0.1) is 15.7 Å². The van der Waals surface area contributed by atoms with Gasteiger partial charge in [0.25, 0.3) is 0 Å². The van der Waals surface area contributed by atoms with E-state index in [1.54, 1.807) is 0 Å². The highest BCUT2D eigenvalue weighted by atomic mass is 14.4. The van der Waals surface area contributed by atoms with E-state index >= 15 is 0 Å². The Balaban J connectivity index is 5.00. The molecule has 0 bridgehead atoms. The van der Waals surface area contributed by atoms with Gasteiger partial charge in [-0.1, -0.05) is 72.4 Å². The van der Waals surface area contributed by atoms with Crippen LogP contribution >= 0.6 is 0 Å². The molecule has 0 aromatic heterocycles. The fourth-order valence-corrected chi connectivity index (χ4v) is 2.58. The smallest absolute Gasteiger partial charge is 0.0634 e. The van der Waals surface area contributed by atoms with Gasteiger partial charge < -0.3 is 0 Å². The lowest BCUT2D eigenvalue weighted by Crippen LogP contribution is -2.44. The topological polar surface area (TPSA) is 0 Å². The lowest BCUT2D eigenvalue weighted by atomic mass is 9.33. The Morgan fingerprint density at radius 1 is 0.765 bits per heavy atom. The molecule has 0 aliphatic heterocycles. The molecule has 0 aliphatic carbocycles. The molecule has 4 radical (unpaired) electrons. The quantitative estimate of drug-likeness (QED) is 0.549. The molecule has 0 fully saturated rings. The molecule has 0 heterocycles. The van der Waals surface area contributed by atoms with Gasteiger partial charge in [-0.15, -0.1) is 0 Å². The van der Waals surface area contributed by atoms with Gasteiger partial charge in [0, 0.05) is 0 Å². The zero-order valence-electron chi connectivity index (χ0n) is 12.9. The molecule has 0 aromatic rings. The standard InChI is InChI=1S/C15H30B2/c1-7-9-11-14(6,12-10-8-2)15(16,17)13(3,4)5/h7-12H2,1-6H3. The minimum Gasteiger partial charge on any atom is -0.0892 e. The molecule has 0 nitrogen and oxygen atoms in total. The first kappa shape index (κ1) is 17.1. The van der Waals surface area contributed by atoms with Crippen molar-refractivity contribution in [2.45, 2.75) is 85.3 Å². The third kappa shape index (κ3) is 4.07. The summed E-state index contributed by atoms with van der Waals surface area (Å²) >= 11 is 0. The number of rotatable bonds is 7. The van der Waals surface area contributed by atoms with Gasteiger partial charge in [0.1, 0.15) is 0 Å². The molecule has 96 valence electrons. The Morgan fingerprint density at radius 3 is 1.35 bits per heavy atom. The second-order valence-corrected chi connectivity index (χ2v) is 6.89. The van der Waals surface area contributed by atoms with Gasteiger partial charge in [0.15, 0.2) is 0 Å². The highest BCUT2D eigenvalue weighted by Gasteiger charge is 2.45. The molecular formula is C15H30B2. The van der Waals surface area contributed by atoms with Crippen LogP contribution in [0.1, 0.15) is 80.1 Å². The van der Waals surface area contributed by atoms with Crippen LogP contribution in [0.5, 0.6) is 0 Å². The molecule has 0 aliphatic rings. The second-order valence-electron chi connectivity index (χ2n) is 6.89. The van der Waals surface area contributed by atoms with Crippen molar-refractivity contribution in [3.8, 4) is 0 Å². The van der Waals surface area contributed by atoms with Crippen molar-refractivity contribution in [3.05, 3.63) is 0 Å². The molecule has 0 spiro atoms. The van der Waals surface area contributed by atoms with E-state index < -0.39 is 5.21 Å². The lowest BCUT2D eigenvalue weighted by Gasteiger charge is -2.54. The van der Waals surface area contributed by atoms with Crippen LogP contribution in [0.25, 0.3) is 0 Å². The van der Waals surface area contributed by atoms with Crippen LogP contribution < -0.4 is 0 Å². The third-order valence-electron chi connectivity index (χ3n) is 4.40. The van der Waals surface area contributed by atoms with Crippen molar-refractivity contribution >= 4 is 15.7 Å². The first-order valence-electron chi connectivity index (χ1n) is 7.20. The van der Waals surface area contributed by atoms with Crippen LogP contribution in [0.15, 0.2) is 0 Å². The van der Waals surface area contributed by atoms with Crippen LogP contribution in [0.2, 0.25) is 5.21 Å². The summed E-state index contributed by atoms with van der Waals surface area (Å²) in [6.07, 6.45) is 7.12. The van der Waals surface area contributed by atoms with Crippen LogP contribution in [0.3, 0.4) is 0 Å². The van der Waals surface area contributed by atoms with Gasteiger partial charge in [-0.2, -0.15) is 0 Å². The zero-order valence-corrected chi connectivity index (χ0v) is 12.9. The molecule has 0 N–H and O–H groups in total. The summed E-state index contributed by atoms with van der Waals surface area (Å²) < 4.78 is 0. The number of hydrogen-bond donors (Lipinski definition) is 0. The summed E-state index contributed by atoms with van der Waals surface area (Å²) in [6.45, 7) is 13.2. The van der Waals surface area contributed by atoms with Crippen LogP contribution in [0.4, 0.5) is 0 Å². The molecular weight excluding hydrogens is 202 g/mol. The van der Waals surface area contributed by atoms with E-state index in [9.17, 15) is 0 Å². The number of unbranched alkanes of at least 4 members (excludes halogenated alkanes) is 2. The summed E-state index contributed by atoms with van der Waals surface area (Å²) in [6, 6.07) is 0. The SMILES string of the molecule is [B]C([B])(C(C)(C)C)C(C)(CCCC)CCCC. The van der Waals surface area contributed by atoms with E-state index in [0.717, 1.165) is 12.8 Å². The van der Waals surface area contributed by atoms with E-state index in [1.165, 1.54) is 25.7 Å². The molecule has 0 aromatic carbocycles. The van der Waals surface area contributed by atoms with Crippen molar-refractivity contribution in [1.29, 1.82) is 0 Å². The highest BCUT2D eigenvalue weighted by molar-refractivity contribution is 6.41. The molecule has 0 saturated carbocycles. The lowest BCUT2D eigenvalue weighted by molar-refractivity contribution is 0.128. The fraction of sp³-hybridized carbons (Fsp3) is 1.00. The summed E-state index contributed by atoms with van der Waals surface area (Å²) in [5.41, 5.74) is -0.0273.